The summed E-state index contributed by atoms with van der Waals surface area (Å²) >= 11 is 1.58. The molecule has 2 aromatic heterocycles. The summed E-state index contributed by atoms with van der Waals surface area (Å²) in [6, 6.07) is 5.85. The Kier molecular flexibility index (Phi) is 2.45. The van der Waals surface area contributed by atoms with Crippen LogP contribution >= 0.6 is 11.3 Å². The fourth-order valence-corrected chi connectivity index (χ4v) is 1.95. The summed E-state index contributed by atoms with van der Waals surface area (Å²) in [5.74, 6) is 0.787. The van der Waals surface area contributed by atoms with E-state index < -0.39 is 0 Å². The standard InChI is InChI=1S/C10H10N2OS/c1-7-11-6-5-8(12-7)9-3-4-10(13-2)14-9/h3-6H,1-2H3. The SMILES string of the molecule is COc1ccc(-c2ccnc(C)n2)s1. The van der Waals surface area contributed by atoms with Crippen molar-refractivity contribution in [3.05, 3.63) is 30.2 Å². The van der Waals surface area contributed by atoms with Crippen molar-refractivity contribution in [2.24, 2.45) is 0 Å². The lowest BCUT2D eigenvalue weighted by molar-refractivity contribution is 0.427. The van der Waals surface area contributed by atoms with Gasteiger partial charge in [0.1, 0.15) is 5.82 Å². The van der Waals surface area contributed by atoms with Gasteiger partial charge in [-0.15, -0.1) is 0 Å². The van der Waals surface area contributed by atoms with E-state index in [9.17, 15) is 0 Å². The molecule has 4 heteroatoms. The van der Waals surface area contributed by atoms with Crippen molar-refractivity contribution < 1.29 is 4.74 Å². The van der Waals surface area contributed by atoms with Gasteiger partial charge in [-0.1, -0.05) is 11.3 Å². The van der Waals surface area contributed by atoms with E-state index in [1.165, 1.54) is 0 Å². The maximum absolute atomic E-state index is 5.12. The summed E-state index contributed by atoms with van der Waals surface area (Å²) in [6.07, 6.45) is 1.77. The Morgan fingerprint density at radius 2 is 2.14 bits per heavy atom. The van der Waals surface area contributed by atoms with Gasteiger partial charge >= 0.3 is 0 Å². The number of methoxy groups -OCH3 is 1. The van der Waals surface area contributed by atoms with Crippen LogP contribution in [0, 0.1) is 6.92 Å². The van der Waals surface area contributed by atoms with Gasteiger partial charge in [0, 0.05) is 6.20 Å². The molecule has 0 N–H and O–H groups in total. The number of nitrogens with zero attached hydrogens (tertiary/aromatic N) is 2. The second-order valence-corrected chi connectivity index (χ2v) is 3.86. The van der Waals surface area contributed by atoms with Crippen molar-refractivity contribution in [2.75, 3.05) is 7.11 Å². The Bertz CT molecular complexity index is 439. The summed E-state index contributed by atoms with van der Waals surface area (Å²) < 4.78 is 5.12. The topological polar surface area (TPSA) is 35.0 Å². The van der Waals surface area contributed by atoms with E-state index >= 15 is 0 Å². The molecule has 0 bridgehead atoms. The zero-order chi connectivity index (χ0) is 9.97. The van der Waals surface area contributed by atoms with Gasteiger partial charge in [-0.3, -0.25) is 0 Å². The molecule has 0 aliphatic heterocycles. The van der Waals surface area contributed by atoms with Crippen LogP contribution in [0.25, 0.3) is 10.6 Å². The summed E-state index contributed by atoms with van der Waals surface area (Å²) in [7, 11) is 1.67. The van der Waals surface area contributed by atoms with Gasteiger partial charge in [0.2, 0.25) is 0 Å². The molecule has 0 amide bonds. The Labute approximate surface area is 86.4 Å². The van der Waals surface area contributed by atoms with Crippen LogP contribution in [0.3, 0.4) is 0 Å². The first-order valence-corrected chi connectivity index (χ1v) is 5.05. The smallest absolute Gasteiger partial charge is 0.173 e. The number of thiophene rings is 1. The Morgan fingerprint density at radius 1 is 1.29 bits per heavy atom. The van der Waals surface area contributed by atoms with Gasteiger partial charge in [-0.2, -0.15) is 0 Å². The summed E-state index contributed by atoms with van der Waals surface area (Å²) in [5, 5.41) is 0.899. The molecule has 0 aliphatic carbocycles. The lowest BCUT2D eigenvalue weighted by Crippen LogP contribution is -1.87. The quantitative estimate of drug-likeness (QED) is 0.757. The van der Waals surface area contributed by atoms with E-state index in [1.807, 2.05) is 25.1 Å². The van der Waals surface area contributed by atoms with Crippen LogP contribution in [0.5, 0.6) is 5.06 Å². The first kappa shape index (κ1) is 9.15. The van der Waals surface area contributed by atoms with Crippen molar-refractivity contribution in [1.29, 1.82) is 0 Å². The van der Waals surface area contributed by atoms with Gasteiger partial charge in [-0.25, -0.2) is 9.97 Å². The van der Waals surface area contributed by atoms with Gasteiger partial charge < -0.3 is 4.74 Å². The minimum atomic E-state index is 0.787. The van der Waals surface area contributed by atoms with Crippen LogP contribution in [0.15, 0.2) is 24.4 Å². The zero-order valence-electron chi connectivity index (χ0n) is 8.02. The van der Waals surface area contributed by atoms with Gasteiger partial charge in [-0.05, 0) is 25.1 Å². The molecule has 2 rings (SSSR count). The molecule has 0 atom stereocenters. The third-order valence-corrected chi connectivity index (χ3v) is 2.88. The highest BCUT2D eigenvalue weighted by atomic mass is 32.1. The summed E-state index contributed by atoms with van der Waals surface area (Å²) in [5.41, 5.74) is 0.950. The van der Waals surface area contributed by atoms with E-state index in [4.69, 9.17) is 4.74 Å². The van der Waals surface area contributed by atoms with E-state index in [2.05, 4.69) is 9.97 Å². The molecule has 0 radical (unpaired) electrons. The predicted molar refractivity (Wildman–Crippen MR) is 56.6 cm³/mol. The van der Waals surface area contributed by atoms with Crippen LogP contribution < -0.4 is 4.74 Å². The second kappa shape index (κ2) is 3.75. The number of aromatic nitrogens is 2. The molecule has 14 heavy (non-hydrogen) atoms. The first-order chi connectivity index (χ1) is 6.79. The second-order valence-electron chi connectivity index (χ2n) is 2.81. The highest BCUT2D eigenvalue weighted by Gasteiger charge is 2.04. The fraction of sp³-hybridized carbons (Fsp3) is 0.200. The maximum Gasteiger partial charge on any atom is 0.173 e. The third kappa shape index (κ3) is 1.75. The van der Waals surface area contributed by atoms with Gasteiger partial charge in [0.05, 0.1) is 17.7 Å². The van der Waals surface area contributed by atoms with Crippen molar-refractivity contribution in [3.8, 4) is 15.6 Å². The number of ether oxygens (including phenoxy) is 1. The number of aryl methyl sites for hydroxylation is 1. The van der Waals surface area contributed by atoms with E-state index in [-0.39, 0.29) is 0 Å². The molecule has 0 saturated heterocycles. The molecule has 0 aliphatic rings. The van der Waals surface area contributed by atoms with Crippen molar-refractivity contribution in [1.82, 2.24) is 9.97 Å². The molecular weight excluding hydrogens is 196 g/mol. The molecule has 3 nitrogen and oxygen atoms in total. The zero-order valence-corrected chi connectivity index (χ0v) is 8.84. The summed E-state index contributed by atoms with van der Waals surface area (Å²) in [4.78, 5) is 9.49. The minimum absolute atomic E-state index is 0.787. The van der Waals surface area contributed by atoms with Crippen LogP contribution in [-0.2, 0) is 0 Å². The number of hydrogen-bond acceptors (Lipinski definition) is 4. The van der Waals surface area contributed by atoms with Crippen LogP contribution in [-0.4, -0.2) is 17.1 Å². The molecular formula is C10H10N2OS. The highest BCUT2D eigenvalue weighted by Crippen LogP contribution is 2.31. The van der Waals surface area contributed by atoms with Gasteiger partial charge in [0.15, 0.2) is 5.06 Å². The maximum atomic E-state index is 5.12. The van der Waals surface area contributed by atoms with E-state index in [0.717, 1.165) is 21.5 Å². The van der Waals surface area contributed by atoms with Crippen LogP contribution in [0.4, 0.5) is 0 Å². The molecule has 72 valence electrons. The lowest BCUT2D eigenvalue weighted by Gasteiger charge is -1.96. The number of hydrogen-bond donors (Lipinski definition) is 0. The lowest BCUT2D eigenvalue weighted by atomic mass is 10.3. The monoisotopic (exact) mass is 206 g/mol. The minimum Gasteiger partial charge on any atom is -0.487 e. The summed E-state index contributed by atoms with van der Waals surface area (Å²) in [6.45, 7) is 1.88. The van der Waals surface area contributed by atoms with Crippen LogP contribution in [0.2, 0.25) is 0 Å². The first-order valence-electron chi connectivity index (χ1n) is 4.23. The Morgan fingerprint density at radius 3 is 2.79 bits per heavy atom. The molecule has 0 saturated carbocycles. The Hall–Kier alpha value is -1.42. The largest absolute Gasteiger partial charge is 0.487 e. The van der Waals surface area contributed by atoms with E-state index in [0.29, 0.717) is 0 Å². The molecule has 0 spiro atoms. The van der Waals surface area contributed by atoms with Gasteiger partial charge in [0.25, 0.3) is 0 Å². The third-order valence-electron chi connectivity index (χ3n) is 1.81. The Balaban J connectivity index is 2.39. The highest BCUT2D eigenvalue weighted by molar-refractivity contribution is 7.17. The molecule has 2 aromatic rings. The average Bonchev–Trinajstić information content (AvgIpc) is 2.66. The van der Waals surface area contributed by atoms with E-state index in [1.54, 1.807) is 24.6 Å². The average molecular weight is 206 g/mol. The van der Waals surface area contributed by atoms with Crippen molar-refractivity contribution in [2.45, 2.75) is 6.92 Å². The fourth-order valence-electron chi connectivity index (χ4n) is 1.16. The molecule has 0 unspecified atom stereocenters. The number of rotatable bonds is 2. The molecule has 2 heterocycles. The molecule has 0 fully saturated rings. The van der Waals surface area contributed by atoms with Crippen molar-refractivity contribution >= 4 is 11.3 Å². The van der Waals surface area contributed by atoms with Crippen molar-refractivity contribution in [3.63, 3.8) is 0 Å². The predicted octanol–water partition coefficient (Wildman–Crippen LogP) is 2.52. The molecule has 0 aromatic carbocycles. The normalized spacial score (nSPS) is 10.1. The van der Waals surface area contributed by atoms with Crippen LogP contribution in [0.1, 0.15) is 5.82 Å².